The Kier molecular flexibility index (Phi) is 3.09. The smallest absolute Gasteiger partial charge is 0.256 e. The predicted molar refractivity (Wildman–Crippen MR) is 61.0 cm³/mol. The molecule has 0 spiro atoms. The van der Waals surface area contributed by atoms with E-state index in [2.05, 4.69) is 15.7 Å². The Morgan fingerprint density at radius 3 is 3.12 bits per heavy atom. The number of piperidine rings is 1. The predicted octanol–water partition coefficient (Wildman–Crippen LogP) is -0.516. The van der Waals surface area contributed by atoms with Gasteiger partial charge in [0.2, 0.25) is 0 Å². The molecule has 2 rings (SSSR count). The maximum absolute atomic E-state index is 11.9. The molecule has 1 unspecified atom stereocenters. The van der Waals surface area contributed by atoms with Crippen LogP contribution in [0.25, 0.3) is 0 Å². The lowest BCUT2D eigenvalue weighted by Gasteiger charge is -2.23. The second-order valence-electron chi connectivity index (χ2n) is 4.08. The van der Waals surface area contributed by atoms with Crippen molar-refractivity contribution in [2.24, 2.45) is 7.05 Å². The van der Waals surface area contributed by atoms with Crippen molar-refractivity contribution in [2.45, 2.75) is 18.9 Å². The molecule has 0 radical (unpaired) electrons. The highest BCUT2D eigenvalue weighted by Crippen LogP contribution is 2.10. The normalized spacial score (nSPS) is 20.7. The number of rotatable bonds is 2. The van der Waals surface area contributed by atoms with Gasteiger partial charge in [-0.1, -0.05) is 0 Å². The number of nitrogens with two attached hydrogens (primary N) is 1. The lowest BCUT2D eigenvalue weighted by molar-refractivity contribution is 0.0931. The molecule has 1 fully saturated rings. The second-order valence-corrected chi connectivity index (χ2v) is 4.08. The van der Waals surface area contributed by atoms with Crippen LogP contribution in [-0.2, 0) is 7.05 Å². The van der Waals surface area contributed by atoms with Crippen LogP contribution in [0, 0.1) is 0 Å². The van der Waals surface area contributed by atoms with Gasteiger partial charge in [-0.2, -0.15) is 5.10 Å². The number of nitrogens with zero attached hydrogens (tertiary/aromatic N) is 2. The summed E-state index contributed by atoms with van der Waals surface area (Å²) in [6.45, 7) is 1.85. The van der Waals surface area contributed by atoms with Gasteiger partial charge in [-0.15, -0.1) is 0 Å². The number of amides is 1. The minimum atomic E-state index is -0.140. The summed E-state index contributed by atoms with van der Waals surface area (Å²) >= 11 is 0. The van der Waals surface area contributed by atoms with E-state index in [4.69, 9.17) is 5.73 Å². The first-order valence-electron chi connectivity index (χ1n) is 5.47. The lowest BCUT2D eigenvalue weighted by atomic mass is 10.1. The number of nitrogen functional groups attached to an aromatic ring is 1. The van der Waals surface area contributed by atoms with Crippen LogP contribution in [-0.4, -0.2) is 34.8 Å². The molecule has 4 N–H and O–H groups in total. The molecule has 1 amide bonds. The third-order valence-corrected chi connectivity index (χ3v) is 2.86. The number of anilines is 1. The van der Waals surface area contributed by atoms with E-state index in [9.17, 15) is 4.79 Å². The lowest BCUT2D eigenvalue weighted by Crippen LogP contribution is -2.45. The Balaban J connectivity index is 1.99. The zero-order valence-electron chi connectivity index (χ0n) is 9.36. The monoisotopic (exact) mass is 223 g/mol. The van der Waals surface area contributed by atoms with Crippen molar-refractivity contribution in [1.82, 2.24) is 20.4 Å². The molecule has 6 heteroatoms. The van der Waals surface area contributed by atoms with Crippen LogP contribution in [0.1, 0.15) is 23.2 Å². The van der Waals surface area contributed by atoms with E-state index in [-0.39, 0.29) is 11.9 Å². The van der Waals surface area contributed by atoms with Crippen molar-refractivity contribution in [3.05, 3.63) is 11.8 Å². The Morgan fingerprint density at radius 2 is 2.56 bits per heavy atom. The van der Waals surface area contributed by atoms with E-state index in [1.165, 1.54) is 10.9 Å². The number of aromatic nitrogens is 2. The summed E-state index contributed by atoms with van der Waals surface area (Å²) < 4.78 is 1.49. The highest BCUT2D eigenvalue weighted by atomic mass is 16.1. The standard InChI is InChI=1S/C10H17N5O/c1-15-9(11)8(6-13-15)10(16)14-7-3-2-4-12-5-7/h6-7,12H,2-5,11H2,1H3,(H,14,16). The van der Waals surface area contributed by atoms with Gasteiger partial charge in [-0.05, 0) is 19.4 Å². The molecule has 1 saturated heterocycles. The molecule has 6 nitrogen and oxygen atoms in total. The maximum atomic E-state index is 11.9. The van der Waals surface area contributed by atoms with Crippen molar-refractivity contribution < 1.29 is 4.79 Å². The van der Waals surface area contributed by atoms with E-state index >= 15 is 0 Å². The minimum Gasteiger partial charge on any atom is -0.383 e. The molecule has 88 valence electrons. The minimum absolute atomic E-state index is 0.140. The summed E-state index contributed by atoms with van der Waals surface area (Å²) in [7, 11) is 1.72. The highest BCUT2D eigenvalue weighted by molar-refractivity contribution is 5.98. The van der Waals surface area contributed by atoms with E-state index in [1.54, 1.807) is 7.05 Å². The van der Waals surface area contributed by atoms with Gasteiger partial charge >= 0.3 is 0 Å². The molecule has 0 bridgehead atoms. The molecular formula is C10H17N5O. The van der Waals surface area contributed by atoms with Gasteiger partial charge in [-0.25, -0.2) is 0 Å². The van der Waals surface area contributed by atoms with Crippen LogP contribution in [0.4, 0.5) is 5.82 Å². The third kappa shape index (κ3) is 2.16. The van der Waals surface area contributed by atoms with E-state index in [0.717, 1.165) is 25.9 Å². The number of nitrogens with one attached hydrogen (secondary N) is 2. The Hall–Kier alpha value is -1.56. The van der Waals surface area contributed by atoms with Crippen LogP contribution in [0.5, 0.6) is 0 Å². The fourth-order valence-electron chi connectivity index (χ4n) is 1.86. The first kappa shape index (κ1) is 10.9. The van der Waals surface area contributed by atoms with Gasteiger partial charge in [0.15, 0.2) is 0 Å². The molecule has 1 aromatic rings. The molecule has 0 aliphatic carbocycles. The molecule has 1 aliphatic heterocycles. The van der Waals surface area contributed by atoms with E-state index in [0.29, 0.717) is 11.4 Å². The number of hydrogen-bond acceptors (Lipinski definition) is 4. The fraction of sp³-hybridized carbons (Fsp3) is 0.600. The van der Waals surface area contributed by atoms with Crippen LogP contribution < -0.4 is 16.4 Å². The van der Waals surface area contributed by atoms with Gasteiger partial charge in [-0.3, -0.25) is 9.48 Å². The molecule has 16 heavy (non-hydrogen) atoms. The summed E-state index contributed by atoms with van der Waals surface area (Å²) in [5, 5.41) is 10.1. The Labute approximate surface area is 94.2 Å². The van der Waals surface area contributed by atoms with Gasteiger partial charge in [0.05, 0.1) is 6.20 Å². The van der Waals surface area contributed by atoms with Crippen molar-refractivity contribution in [2.75, 3.05) is 18.8 Å². The zero-order chi connectivity index (χ0) is 11.5. The largest absolute Gasteiger partial charge is 0.383 e. The Bertz CT molecular complexity index is 381. The van der Waals surface area contributed by atoms with Gasteiger partial charge in [0.25, 0.3) is 5.91 Å². The second kappa shape index (κ2) is 4.52. The van der Waals surface area contributed by atoms with Gasteiger partial charge < -0.3 is 16.4 Å². The quantitative estimate of drug-likeness (QED) is 0.630. The molecule has 1 aromatic heterocycles. The highest BCUT2D eigenvalue weighted by Gasteiger charge is 2.19. The average Bonchev–Trinajstić information content (AvgIpc) is 2.61. The maximum Gasteiger partial charge on any atom is 0.256 e. The SMILES string of the molecule is Cn1ncc(C(=O)NC2CCCNC2)c1N. The summed E-state index contributed by atoms with van der Waals surface area (Å²) in [5.41, 5.74) is 6.18. The summed E-state index contributed by atoms with van der Waals surface area (Å²) in [5.74, 6) is 0.264. The van der Waals surface area contributed by atoms with E-state index in [1.807, 2.05) is 0 Å². The first-order chi connectivity index (χ1) is 7.68. The van der Waals surface area contributed by atoms with Crippen LogP contribution in [0.2, 0.25) is 0 Å². The number of carbonyl (C=O) groups excluding carboxylic acids is 1. The zero-order valence-corrected chi connectivity index (χ0v) is 9.36. The number of aryl methyl sites for hydroxylation is 1. The van der Waals surface area contributed by atoms with Crippen molar-refractivity contribution in [1.29, 1.82) is 0 Å². The number of carbonyl (C=O) groups is 1. The van der Waals surface area contributed by atoms with Gasteiger partial charge in [0, 0.05) is 19.6 Å². The van der Waals surface area contributed by atoms with Crippen molar-refractivity contribution in [3.8, 4) is 0 Å². The van der Waals surface area contributed by atoms with Crippen LogP contribution >= 0.6 is 0 Å². The van der Waals surface area contributed by atoms with E-state index < -0.39 is 0 Å². The summed E-state index contributed by atoms with van der Waals surface area (Å²) in [6, 6.07) is 0.195. The molecule has 1 atom stereocenters. The average molecular weight is 223 g/mol. The third-order valence-electron chi connectivity index (χ3n) is 2.86. The first-order valence-corrected chi connectivity index (χ1v) is 5.47. The molecule has 2 heterocycles. The molecule has 1 aliphatic rings. The summed E-state index contributed by atoms with van der Waals surface area (Å²) in [4.78, 5) is 11.9. The Morgan fingerprint density at radius 1 is 1.75 bits per heavy atom. The fourth-order valence-corrected chi connectivity index (χ4v) is 1.86. The van der Waals surface area contributed by atoms with Crippen molar-refractivity contribution >= 4 is 11.7 Å². The van der Waals surface area contributed by atoms with Crippen LogP contribution in [0.15, 0.2) is 6.20 Å². The number of hydrogen-bond donors (Lipinski definition) is 3. The molecule has 0 aromatic carbocycles. The topological polar surface area (TPSA) is 85.0 Å². The van der Waals surface area contributed by atoms with Crippen molar-refractivity contribution in [3.63, 3.8) is 0 Å². The molecule has 0 saturated carbocycles. The van der Waals surface area contributed by atoms with Gasteiger partial charge in [0.1, 0.15) is 11.4 Å². The summed E-state index contributed by atoms with van der Waals surface area (Å²) in [6.07, 6.45) is 3.60. The van der Waals surface area contributed by atoms with Crippen LogP contribution in [0.3, 0.4) is 0 Å². The molecular weight excluding hydrogens is 206 g/mol.